The van der Waals surface area contributed by atoms with E-state index in [9.17, 15) is 0 Å². The summed E-state index contributed by atoms with van der Waals surface area (Å²) in [7, 11) is 0. The molecule has 1 aromatic carbocycles. The maximum atomic E-state index is 6.14. The largest absolute Gasteiger partial charge is 0.306 e. The minimum atomic E-state index is 0.529. The van der Waals surface area contributed by atoms with Crippen molar-refractivity contribution in [2.75, 3.05) is 5.75 Å². The number of nitrogens with one attached hydrogen (secondary N) is 1. The summed E-state index contributed by atoms with van der Waals surface area (Å²) >= 11 is 8.02. The second-order valence-electron chi connectivity index (χ2n) is 3.96. The summed E-state index contributed by atoms with van der Waals surface area (Å²) in [5.41, 5.74) is 1.40. The molecule has 0 saturated heterocycles. The predicted octanol–water partition coefficient (Wildman–Crippen LogP) is 3.24. The van der Waals surface area contributed by atoms with Gasteiger partial charge >= 0.3 is 0 Å². The number of benzene rings is 1. The summed E-state index contributed by atoms with van der Waals surface area (Å²) in [6, 6.07) is 7.52. The topological polar surface area (TPSA) is 12.0 Å². The van der Waals surface area contributed by atoms with Crippen molar-refractivity contribution in [1.82, 2.24) is 5.32 Å². The second kappa shape index (κ2) is 3.44. The quantitative estimate of drug-likeness (QED) is 0.830. The lowest BCUT2D eigenvalue weighted by atomic mass is 10.1. The number of thioether (sulfide) groups is 1. The molecule has 1 nitrogen and oxygen atoms in total. The first-order chi connectivity index (χ1) is 6.84. The molecule has 1 unspecified atom stereocenters. The average Bonchev–Trinajstić information content (AvgIpc) is 2.88. The zero-order chi connectivity index (χ0) is 9.54. The highest BCUT2D eigenvalue weighted by atomic mass is 35.5. The predicted molar refractivity (Wildman–Crippen MR) is 61.1 cm³/mol. The Balaban J connectivity index is 1.89. The van der Waals surface area contributed by atoms with Crippen LogP contribution in [-0.2, 0) is 0 Å². The highest BCUT2D eigenvalue weighted by Gasteiger charge is 2.30. The van der Waals surface area contributed by atoms with Crippen molar-refractivity contribution in [3.05, 3.63) is 28.8 Å². The molecule has 74 valence electrons. The molecular weight excluding hydrogens is 214 g/mol. The number of hydrogen-bond donors (Lipinski definition) is 1. The molecule has 3 rings (SSSR count). The Bertz CT molecular complexity index is 362. The van der Waals surface area contributed by atoms with E-state index in [0.29, 0.717) is 6.04 Å². The van der Waals surface area contributed by atoms with Gasteiger partial charge in [-0.2, -0.15) is 0 Å². The van der Waals surface area contributed by atoms with Crippen LogP contribution < -0.4 is 5.32 Å². The first-order valence-electron chi connectivity index (χ1n) is 5.02. The molecule has 3 heteroatoms. The van der Waals surface area contributed by atoms with Crippen LogP contribution in [0.15, 0.2) is 23.1 Å². The van der Waals surface area contributed by atoms with Crippen molar-refractivity contribution in [2.45, 2.75) is 29.8 Å². The minimum absolute atomic E-state index is 0.529. The number of hydrogen-bond acceptors (Lipinski definition) is 2. The van der Waals surface area contributed by atoms with Crippen LogP contribution in [0.3, 0.4) is 0 Å². The molecule has 0 spiro atoms. The molecule has 1 fully saturated rings. The van der Waals surface area contributed by atoms with E-state index in [4.69, 9.17) is 11.6 Å². The smallest absolute Gasteiger partial charge is 0.0545 e. The Morgan fingerprint density at radius 3 is 3.00 bits per heavy atom. The number of halogens is 1. The standard InChI is InChI=1S/C11H12ClNS/c12-9-3-1-2-8-10(6-14-11(8)9)13-7-4-5-7/h1-3,7,10,13H,4-6H2. The second-order valence-corrected chi connectivity index (χ2v) is 5.40. The lowest BCUT2D eigenvalue weighted by Gasteiger charge is -2.12. The number of fused-ring (bicyclic) bond motifs is 1. The van der Waals surface area contributed by atoms with Gasteiger partial charge in [-0.05, 0) is 24.5 Å². The molecule has 1 aliphatic heterocycles. The lowest BCUT2D eigenvalue weighted by Crippen LogP contribution is -2.22. The fourth-order valence-electron chi connectivity index (χ4n) is 1.88. The van der Waals surface area contributed by atoms with Gasteiger partial charge in [-0.25, -0.2) is 0 Å². The van der Waals surface area contributed by atoms with Crippen LogP contribution >= 0.6 is 23.4 Å². The van der Waals surface area contributed by atoms with Crippen LogP contribution in [0.25, 0.3) is 0 Å². The molecule has 14 heavy (non-hydrogen) atoms. The third-order valence-corrected chi connectivity index (χ3v) is 4.45. The fourth-order valence-corrected chi connectivity index (χ4v) is 3.42. The Morgan fingerprint density at radius 1 is 1.36 bits per heavy atom. The molecule has 0 radical (unpaired) electrons. The first-order valence-corrected chi connectivity index (χ1v) is 6.38. The van der Waals surface area contributed by atoms with Crippen LogP contribution in [0.5, 0.6) is 0 Å². The first kappa shape index (κ1) is 9.08. The van der Waals surface area contributed by atoms with Gasteiger partial charge < -0.3 is 5.32 Å². The van der Waals surface area contributed by atoms with E-state index in [0.717, 1.165) is 16.8 Å². The van der Waals surface area contributed by atoms with Crippen molar-refractivity contribution in [3.8, 4) is 0 Å². The Labute approximate surface area is 93.2 Å². The van der Waals surface area contributed by atoms with Crippen LogP contribution in [0.4, 0.5) is 0 Å². The maximum Gasteiger partial charge on any atom is 0.0545 e. The van der Waals surface area contributed by atoms with E-state index in [2.05, 4.69) is 17.4 Å². The highest BCUT2D eigenvalue weighted by molar-refractivity contribution is 7.99. The molecule has 1 N–H and O–H groups in total. The maximum absolute atomic E-state index is 6.14. The van der Waals surface area contributed by atoms with E-state index in [1.54, 1.807) is 0 Å². The van der Waals surface area contributed by atoms with E-state index in [-0.39, 0.29) is 0 Å². The zero-order valence-electron chi connectivity index (χ0n) is 7.79. The summed E-state index contributed by atoms with van der Waals surface area (Å²) in [4.78, 5) is 1.28. The average molecular weight is 226 g/mol. The SMILES string of the molecule is Clc1cccc2c1SCC2NC1CC1. The van der Waals surface area contributed by atoms with Gasteiger partial charge in [0.15, 0.2) is 0 Å². The number of rotatable bonds is 2. The van der Waals surface area contributed by atoms with Gasteiger partial charge in [0, 0.05) is 22.7 Å². The molecule has 1 aromatic rings. The fraction of sp³-hybridized carbons (Fsp3) is 0.455. The van der Waals surface area contributed by atoms with Gasteiger partial charge in [0.05, 0.1) is 5.02 Å². The molecule has 1 saturated carbocycles. The Morgan fingerprint density at radius 2 is 2.21 bits per heavy atom. The van der Waals surface area contributed by atoms with Crippen LogP contribution in [-0.4, -0.2) is 11.8 Å². The van der Waals surface area contributed by atoms with E-state index >= 15 is 0 Å². The van der Waals surface area contributed by atoms with Crippen LogP contribution in [0.2, 0.25) is 5.02 Å². The molecule has 0 bridgehead atoms. The Kier molecular flexibility index (Phi) is 2.23. The van der Waals surface area contributed by atoms with Crippen molar-refractivity contribution < 1.29 is 0 Å². The molecule has 2 aliphatic rings. The van der Waals surface area contributed by atoms with Crippen molar-refractivity contribution in [1.29, 1.82) is 0 Å². The molecular formula is C11H12ClNS. The van der Waals surface area contributed by atoms with Gasteiger partial charge in [-0.1, -0.05) is 23.7 Å². The minimum Gasteiger partial charge on any atom is -0.306 e. The van der Waals surface area contributed by atoms with Crippen molar-refractivity contribution in [2.24, 2.45) is 0 Å². The van der Waals surface area contributed by atoms with Gasteiger partial charge in [-0.3, -0.25) is 0 Å². The van der Waals surface area contributed by atoms with Gasteiger partial charge in [0.1, 0.15) is 0 Å². The summed E-state index contributed by atoms with van der Waals surface area (Å²) < 4.78 is 0. The highest BCUT2D eigenvalue weighted by Crippen LogP contribution is 2.43. The third kappa shape index (κ3) is 1.56. The summed E-state index contributed by atoms with van der Waals surface area (Å²) in [6.07, 6.45) is 2.69. The molecule has 1 atom stereocenters. The summed E-state index contributed by atoms with van der Waals surface area (Å²) in [6.45, 7) is 0. The normalized spacial score (nSPS) is 25.1. The molecule has 0 amide bonds. The van der Waals surface area contributed by atoms with Gasteiger partial charge in [0.25, 0.3) is 0 Å². The van der Waals surface area contributed by atoms with E-state index in [1.807, 2.05) is 17.8 Å². The van der Waals surface area contributed by atoms with E-state index in [1.165, 1.54) is 23.3 Å². The lowest BCUT2D eigenvalue weighted by molar-refractivity contribution is 0.580. The summed E-state index contributed by atoms with van der Waals surface area (Å²) in [5.74, 6) is 1.13. The monoisotopic (exact) mass is 225 g/mol. The van der Waals surface area contributed by atoms with Crippen LogP contribution in [0.1, 0.15) is 24.4 Å². The summed E-state index contributed by atoms with van der Waals surface area (Å²) in [5, 5.41) is 4.57. The molecule has 1 aliphatic carbocycles. The van der Waals surface area contributed by atoms with E-state index < -0.39 is 0 Å². The zero-order valence-corrected chi connectivity index (χ0v) is 9.37. The molecule has 0 aromatic heterocycles. The van der Waals surface area contributed by atoms with Crippen molar-refractivity contribution in [3.63, 3.8) is 0 Å². The van der Waals surface area contributed by atoms with Crippen LogP contribution in [0, 0.1) is 0 Å². The van der Waals surface area contributed by atoms with Gasteiger partial charge in [0.2, 0.25) is 0 Å². The molecule has 1 heterocycles. The Hall–Kier alpha value is -0.180. The van der Waals surface area contributed by atoms with Crippen molar-refractivity contribution >= 4 is 23.4 Å². The van der Waals surface area contributed by atoms with Gasteiger partial charge in [-0.15, -0.1) is 11.8 Å². The third-order valence-electron chi connectivity index (χ3n) is 2.78.